The SMILES string of the molecule is NCc1cccc2[nH]cc(CN3CCCCC3)c12. The lowest BCUT2D eigenvalue weighted by Gasteiger charge is -2.26. The molecule has 2 aromatic rings. The second-order valence-corrected chi connectivity index (χ2v) is 5.19. The topological polar surface area (TPSA) is 45.1 Å². The van der Waals surface area contributed by atoms with Crippen LogP contribution in [-0.4, -0.2) is 23.0 Å². The van der Waals surface area contributed by atoms with E-state index in [0.29, 0.717) is 6.54 Å². The van der Waals surface area contributed by atoms with Crippen LogP contribution in [0.25, 0.3) is 10.9 Å². The minimum atomic E-state index is 0.613. The van der Waals surface area contributed by atoms with Crippen LogP contribution >= 0.6 is 0 Å². The van der Waals surface area contributed by atoms with Crippen molar-refractivity contribution in [2.24, 2.45) is 5.73 Å². The maximum atomic E-state index is 5.85. The molecule has 0 unspecified atom stereocenters. The Hall–Kier alpha value is -1.32. The van der Waals surface area contributed by atoms with Crippen molar-refractivity contribution in [3.63, 3.8) is 0 Å². The molecule has 3 rings (SSSR count). The molecule has 96 valence electrons. The minimum absolute atomic E-state index is 0.613. The van der Waals surface area contributed by atoms with Crippen molar-refractivity contribution in [3.05, 3.63) is 35.5 Å². The monoisotopic (exact) mass is 243 g/mol. The van der Waals surface area contributed by atoms with Crippen LogP contribution in [0.1, 0.15) is 30.4 Å². The quantitative estimate of drug-likeness (QED) is 0.870. The van der Waals surface area contributed by atoms with Crippen LogP contribution < -0.4 is 5.73 Å². The first kappa shape index (κ1) is 11.8. The molecule has 0 saturated carbocycles. The van der Waals surface area contributed by atoms with E-state index < -0.39 is 0 Å². The highest BCUT2D eigenvalue weighted by Crippen LogP contribution is 2.24. The van der Waals surface area contributed by atoms with Gasteiger partial charge >= 0.3 is 0 Å². The number of likely N-dealkylation sites (tertiary alicyclic amines) is 1. The number of hydrogen-bond donors (Lipinski definition) is 2. The second kappa shape index (κ2) is 5.12. The van der Waals surface area contributed by atoms with Gasteiger partial charge in [-0.1, -0.05) is 18.6 Å². The first-order valence-electron chi connectivity index (χ1n) is 6.89. The summed E-state index contributed by atoms with van der Waals surface area (Å²) < 4.78 is 0. The molecule has 1 aromatic carbocycles. The zero-order valence-electron chi connectivity index (χ0n) is 10.8. The number of fused-ring (bicyclic) bond motifs is 1. The van der Waals surface area contributed by atoms with Crippen molar-refractivity contribution >= 4 is 10.9 Å². The smallest absolute Gasteiger partial charge is 0.0460 e. The van der Waals surface area contributed by atoms with Gasteiger partial charge in [-0.3, -0.25) is 4.90 Å². The molecule has 0 bridgehead atoms. The van der Waals surface area contributed by atoms with Gasteiger partial charge < -0.3 is 10.7 Å². The molecule has 1 fully saturated rings. The highest BCUT2D eigenvalue weighted by molar-refractivity contribution is 5.86. The first-order valence-corrected chi connectivity index (χ1v) is 6.89. The third kappa shape index (κ3) is 2.16. The number of H-pyrrole nitrogens is 1. The van der Waals surface area contributed by atoms with E-state index in [9.17, 15) is 0 Å². The fourth-order valence-electron chi connectivity index (χ4n) is 2.99. The summed E-state index contributed by atoms with van der Waals surface area (Å²) in [4.78, 5) is 5.93. The lowest BCUT2D eigenvalue weighted by Crippen LogP contribution is -2.29. The van der Waals surface area contributed by atoms with E-state index in [0.717, 1.165) is 6.54 Å². The van der Waals surface area contributed by atoms with E-state index in [1.165, 1.54) is 54.4 Å². The number of nitrogens with one attached hydrogen (secondary N) is 1. The number of hydrogen-bond acceptors (Lipinski definition) is 2. The van der Waals surface area contributed by atoms with Crippen LogP contribution in [0.5, 0.6) is 0 Å². The summed E-state index contributed by atoms with van der Waals surface area (Å²) in [5.74, 6) is 0. The van der Waals surface area contributed by atoms with Crippen LogP contribution in [0.3, 0.4) is 0 Å². The van der Waals surface area contributed by atoms with Gasteiger partial charge in [0.05, 0.1) is 0 Å². The molecule has 0 atom stereocenters. The summed E-state index contributed by atoms with van der Waals surface area (Å²) in [5, 5.41) is 1.34. The zero-order chi connectivity index (χ0) is 12.4. The van der Waals surface area contributed by atoms with E-state index in [-0.39, 0.29) is 0 Å². The van der Waals surface area contributed by atoms with Crippen LogP contribution in [0.4, 0.5) is 0 Å². The lowest BCUT2D eigenvalue weighted by molar-refractivity contribution is 0.221. The van der Waals surface area contributed by atoms with Crippen LogP contribution in [0.2, 0.25) is 0 Å². The molecule has 0 aliphatic carbocycles. The molecule has 2 heterocycles. The molecule has 1 aromatic heterocycles. The van der Waals surface area contributed by atoms with Gasteiger partial charge in [-0.25, -0.2) is 0 Å². The lowest BCUT2D eigenvalue weighted by atomic mass is 10.0. The van der Waals surface area contributed by atoms with E-state index >= 15 is 0 Å². The van der Waals surface area contributed by atoms with Gasteiger partial charge in [0.15, 0.2) is 0 Å². The molecule has 1 aliphatic rings. The van der Waals surface area contributed by atoms with Crippen LogP contribution in [0, 0.1) is 0 Å². The van der Waals surface area contributed by atoms with Crippen molar-refractivity contribution in [2.75, 3.05) is 13.1 Å². The summed E-state index contributed by atoms with van der Waals surface area (Å²) in [6, 6.07) is 6.34. The summed E-state index contributed by atoms with van der Waals surface area (Å²) in [6.07, 6.45) is 6.22. The standard InChI is InChI=1S/C15H21N3/c16-9-12-5-4-6-14-15(12)13(10-17-14)11-18-7-2-1-3-8-18/h4-6,10,17H,1-3,7-9,11,16H2. The van der Waals surface area contributed by atoms with Crippen LogP contribution in [0.15, 0.2) is 24.4 Å². The number of nitrogens with two attached hydrogens (primary N) is 1. The molecule has 0 amide bonds. The van der Waals surface area contributed by atoms with Crippen molar-refractivity contribution in [3.8, 4) is 0 Å². The number of rotatable bonds is 3. The Morgan fingerprint density at radius 2 is 1.94 bits per heavy atom. The number of benzene rings is 1. The molecule has 1 aliphatic heterocycles. The van der Waals surface area contributed by atoms with Gasteiger partial charge in [0, 0.05) is 30.2 Å². The molecule has 0 spiro atoms. The summed E-state index contributed by atoms with van der Waals surface area (Å²) >= 11 is 0. The Bertz CT molecular complexity index is 524. The number of nitrogens with zero attached hydrogens (tertiary/aromatic N) is 1. The van der Waals surface area contributed by atoms with E-state index in [2.05, 4.69) is 34.3 Å². The average molecular weight is 243 g/mol. The molecule has 3 N–H and O–H groups in total. The Labute approximate surface area is 108 Å². The maximum Gasteiger partial charge on any atom is 0.0460 e. The number of aromatic nitrogens is 1. The number of aromatic amines is 1. The maximum absolute atomic E-state index is 5.85. The molecular formula is C15H21N3. The normalized spacial score (nSPS) is 17.4. The fourth-order valence-corrected chi connectivity index (χ4v) is 2.99. The second-order valence-electron chi connectivity index (χ2n) is 5.19. The van der Waals surface area contributed by atoms with E-state index in [1.807, 2.05) is 0 Å². The van der Waals surface area contributed by atoms with Gasteiger partial charge in [-0.05, 0) is 43.1 Å². The van der Waals surface area contributed by atoms with E-state index in [1.54, 1.807) is 0 Å². The molecule has 1 saturated heterocycles. The summed E-state index contributed by atoms with van der Waals surface area (Å²) in [6.45, 7) is 4.13. The van der Waals surface area contributed by atoms with Crippen molar-refractivity contribution in [1.82, 2.24) is 9.88 Å². The van der Waals surface area contributed by atoms with Gasteiger partial charge in [0.1, 0.15) is 0 Å². The number of piperidine rings is 1. The van der Waals surface area contributed by atoms with Crippen LogP contribution in [-0.2, 0) is 13.1 Å². The highest BCUT2D eigenvalue weighted by Gasteiger charge is 2.14. The molecule has 3 heteroatoms. The molecule has 0 radical (unpaired) electrons. The molecular weight excluding hydrogens is 222 g/mol. The highest BCUT2D eigenvalue weighted by atomic mass is 15.1. The third-order valence-electron chi connectivity index (χ3n) is 3.94. The van der Waals surface area contributed by atoms with Gasteiger partial charge in [0.2, 0.25) is 0 Å². The molecule has 3 nitrogen and oxygen atoms in total. The van der Waals surface area contributed by atoms with Crippen molar-refractivity contribution in [1.29, 1.82) is 0 Å². The summed E-state index contributed by atoms with van der Waals surface area (Å²) in [5.41, 5.74) is 9.71. The minimum Gasteiger partial charge on any atom is -0.361 e. The van der Waals surface area contributed by atoms with E-state index in [4.69, 9.17) is 5.73 Å². The van der Waals surface area contributed by atoms with Gasteiger partial charge in [-0.2, -0.15) is 0 Å². The predicted molar refractivity (Wildman–Crippen MR) is 75.3 cm³/mol. The fraction of sp³-hybridized carbons (Fsp3) is 0.467. The third-order valence-corrected chi connectivity index (χ3v) is 3.94. The van der Waals surface area contributed by atoms with Gasteiger partial charge in [-0.15, -0.1) is 0 Å². The Morgan fingerprint density at radius 3 is 2.72 bits per heavy atom. The van der Waals surface area contributed by atoms with Crippen molar-refractivity contribution < 1.29 is 0 Å². The zero-order valence-corrected chi connectivity index (χ0v) is 10.8. The largest absolute Gasteiger partial charge is 0.361 e. The Balaban J connectivity index is 1.91. The van der Waals surface area contributed by atoms with Crippen molar-refractivity contribution in [2.45, 2.75) is 32.4 Å². The van der Waals surface area contributed by atoms with Gasteiger partial charge in [0.25, 0.3) is 0 Å². The predicted octanol–water partition coefficient (Wildman–Crippen LogP) is 2.61. The molecule has 18 heavy (non-hydrogen) atoms. The summed E-state index contributed by atoms with van der Waals surface area (Å²) in [7, 11) is 0. The first-order chi connectivity index (χ1) is 8.88. The Morgan fingerprint density at radius 1 is 1.11 bits per heavy atom. The average Bonchev–Trinajstić information content (AvgIpc) is 2.83. The Kier molecular flexibility index (Phi) is 3.35.